The van der Waals surface area contributed by atoms with Crippen molar-refractivity contribution in [2.75, 3.05) is 0 Å². The van der Waals surface area contributed by atoms with Gasteiger partial charge in [-0.2, -0.15) is 0 Å². The van der Waals surface area contributed by atoms with Crippen LogP contribution in [0.1, 0.15) is 1.43 Å². The summed E-state index contributed by atoms with van der Waals surface area (Å²) < 4.78 is 39.0. The van der Waals surface area contributed by atoms with E-state index in [1.165, 1.54) is 0 Å². The van der Waals surface area contributed by atoms with Crippen molar-refractivity contribution < 1.29 is 35.2 Å². The van der Waals surface area contributed by atoms with Gasteiger partial charge < -0.3 is 17.3 Å². The Kier molecular flexibility index (Phi) is 3.90. The second-order valence-corrected chi connectivity index (χ2v) is 0.495. The molecule has 0 radical (unpaired) electrons. The second-order valence-electron chi connectivity index (χ2n) is 0.495. The molecule has 0 heterocycles. The molecule has 0 fully saturated rings. The fourth-order valence-electron chi connectivity index (χ4n) is 0. The molecule has 0 nitrogen and oxygen atoms in total. The Morgan fingerprint density at radius 1 is 1.00 bits per heavy atom. The monoisotopic (exact) mass is 146 g/mol. The van der Waals surface area contributed by atoms with Crippen LogP contribution in [0.2, 0.25) is 0 Å². The molecule has 6 heavy (non-hydrogen) atoms. The molecule has 0 amide bonds. The molecule has 0 aromatic carbocycles. The summed E-state index contributed by atoms with van der Waals surface area (Å²) in [6, 6.07) is 0. The fraction of sp³-hybridized carbons (Fsp3) is 0. The maximum absolute atomic E-state index is 9.75. The van der Waals surface area contributed by atoms with E-state index in [9.17, 15) is 17.3 Å². The van der Waals surface area contributed by atoms with E-state index in [1.54, 1.807) is 0 Å². The zero-order valence-electron chi connectivity index (χ0n) is 3.41. The minimum absolute atomic E-state index is 0. The number of hydrogen-bond donors (Lipinski definition) is 0. The summed E-state index contributed by atoms with van der Waals surface area (Å²) in [6.07, 6.45) is 0. The van der Waals surface area contributed by atoms with Gasteiger partial charge in [-0.25, -0.2) is 0 Å². The standard InChI is InChI=1S/BF4.Ni/c2-1(3,4)5;/q-1;/p+1. The third kappa shape index (κ3) is 593. The Morgan fingerprint density at radius 2 is 1.00 bits per heavy atom. The third-order valence-electron chi connectivity index (χ3n) is 0. The van der Waals surface area contributed by atoms with E-state index in [1.807, 2.05) is 0 Å². The van der Waals surface area contributed by atoms with Crippen molar-refractivity contribution >= 4 is 7.25 Å². The molecule has 0 aromatic rings. The summed E-state index contributed by atoms with van der Waals surface area (Å²) in [6.45, 7) is 0. The molecule has 0 aliphatic rings. The van der Waals surface area contributed by atoms with E-state index in [2.05, 4.69) is 0 Å². The van der Waals surface area contributed by atoms with Gasteiger partial charge in [0.05, 0.1) is 0 Å². The molecule has 0 N–H and O–H groups in total. The van der Waals surface area contributed by atoms with Gasteiger partial charge in [-0.3, -0.25) is 0 Å². The Hall–Kier alpha value is 0.278. The topological polar surface area (TPSA) is 0 Å². The average Bonchev–Trinajstić information content (AvgIpc) is 0.722. The average molecular weight is 147 g/mol. The van der Waals surface area contributed by atoms with Crippen molar-refractivity contribution in [1.29, 1.82) is 0 Å². The van der Waals surface area contributed by atoms with Gasteiger partial charge in [0.25, 0.3) is 0 Å². The normalized spacial score (nSPS) is 10.0. The molecule has 6 heteroatoms. The maximum Gasteiger partial charge on any atom is 1.00 e. The summed E-state index contributed by atoms with van der Waals surface area (Å²) >= 11 is 0. The van der Waals surface area contributed by atoms with Gasteiger partial charge >= 0.3 is 8.68 Å². The molecule has 42 valence electrons. The zero-order chi connectivity index (χ0) is 4.50. The van der Waals surface area contributed by atoms with Crippen LogP contribution in [0.4, 0.5) is 17.3 Å². The van der Waals surface area contributed by atoms with Gasteiger partial charge in [0, 0.05) is 16.5 Å². The molecule has 0 aromatic heterocycles. The first kappa shape index (κ1) is 9.56. The van der Waals surface area contributed by atoms with Gasteiger partial charge in [0.15, 0.2) is 0 Å². The zero-order valence-corrected chi connectivity index (χ0v) is 3.39. The van der Waals surface area contributed by atoms with Crippen molar-refractivity contribution in [3.63, 3.8) is 0 Å². The third-order valence-corrected chi connectivity index (χ3v) is 0. The summed E-state index contributed by atoms with van der Waals surface area (Å²) in [5, 5.41) is 0. The van der Waals surface area contributed by atoms with Crippen molar-refractivity contribution in [3.05, 3.63) is 0 Å². The van der Waals surface area contributed by atoms with Gasteiger partial charge in [0.1, 0.15) is 0 Å². The number of rotatable bonds is 0. The first-order chi connectivity index (χ1) is 2.00. The van der Waals surface area contributed by atoms with Gasteiger partial charge in [0.2, 0.25) is 0 Å². The minimum atomic E-state index is -6.00. The fourth-order valence-corrected chi connectivity index (χ4v) is 0. The number of hydrogen-bond acceptors (Lipinski definition) is 0. The summed E-state index contributed by atoms with van der Waals surface area (Å²) in [7, 11) is -6.00. The van der Waals surface area contributed by atoms with Crippen LogP contribution in [0.5, 0.6) is 0 Å². The SMILES string of the molecule is F[B-](F)(F)F.[H+].[Ni]. The number of halogens is 4. The predicted octanol–water partition coefficient (Wildman–Crippen LogP) is 1.41. The molecule has 0 atom stereocenters. The van der Waals surface area contributed by atoms with Crippen molar-refractivity contribution in [3.8, 4) is 0 Å². The molecule has 0 spiro atoms. The molecule has 0 aliphatic carbocycles. The Labute approximate surface area is 43.4 Å². The van der Waals surface area contributed by atoms with Gasteiger partial charge in [-0.15, -0.1) is 0 Å². The van der Waals surface area contributed by atoms with E-state index in [0.29, 0.717) is 0 Å². The summed E-state index contributed by atoms with van der Waals surface area (Å²) in [5.74, 6) is 0. The first-order valence-electron chi connectivity index (χ1n) is 0.873. The van der Waals surface area contributed by atoms with Crippen molar-refractivity contribution in [2.45, 2.75) is 0 Å². The quantitative estimate of drug-likeness (QED) is 0.358. The van der Waals surface area contributed by atoms with E-state index in [4.69, 9.17) is 0 Å². The molecular formula is HBF4Ni. The Balaban J connectivity index is -0.0000000800. The summed E-state index contributed by atoms with van der Waals surface area (Å²) in [5.41, 5.74) is 0. The second kappa shape index (κ2) is 2.45. The van der Waals surface area contributed by atoms with Crippen molar-refractivity contribution in [2.24, 2.45) is 0 Å². The minimum Gasteiger partial charge on any atom is -0.418 e. The molecule has 0 saturated heterocycles. The van der Waals surface area contributed by atoms with Crippen LogP contribution in [-0.4, -0.2) is 7.25 Å². The van der Waals surface area contributed by atoms with Crippen LogP contribution in [-0.2, 0) is 16.5 Å². The largest absolute Gasteiger partial charge is 1.00 e. The predicted molar refractivity (Wildman–Crippen MR) is 11.3 cm³/mol. The first-order valence-corrected chi connectivity index (χ1v) is 0.873. The van der Waals surface area contributed by atoms with Crippen LogP contribution in [0.25, 0.3) is 0 Å². The Bertz CT molecular complexity index is 27.2. The molecule has 0 rings (SSSR count). The van der Waals surface area contributed by atoms with Crippen LogP contribution < -0.4 is 0 Å². The molecule has 0 saturated carbocycles. The smallest absolute Gasteiger partial charge is 0.418 e. The van der Waals surface area contributed by atoms with E-state index in [-0.39, 0.29) is 17.9 Å². The Morgan fingerprint density at radius 3 is 1.00 bits per heavy atom. The summed E-state index contributed by atoms with van der Waals surface area (Å²) in [4.78, 5) is 0. The van der Waals surface area contributed by atoms with Crippen molar-refractivity contribution in [1.82, 2.24) is 0 Å². The van der Waals surface area contributed by atoms with Crippen LogP contribution in [0.3, 0.4) is 0 Å². The van der Waals surface area contributed by atoms with Gasteiger partial charge in [-0.05, 0) is 0 Å². The van der Waals surface area contributed by atoms with E-state index >= 15 is 0 Å². The van der Waals surface area contributed by atoms with Crippen LogP contribution in [0.15, 0.2) is 0 Å². The molecular weight excluding hydrogens is 145 g/mol. The van der Waals surface area contributed by atoms with E-state index in [0.717, 1.165) is 0 Å². The van der Waals surface area contributed by atoms with E-state index < -0.39 is 7.25 Å². The molecule has 0 unspecified atom stereocenters. The van der Waals surface area contributed by atoms with Gasteiger partial charge in [-0.1, -0.05) is 0 Å². The molecule has 0 bridgehead atoms. The van der Waals surface area contributed by atoms with Crippen LogP contribution in [0, 0.1) is 0 Å². The van der Waals surface area contributed by atoms with Crippen LogP contribution >= 0.6 is 0 Å². The molecule has 0 aliphatic heterocycles. The maximum atomic E-state index is 9.75.